The zero-order valence-corrected chi connectivity index (χ0v) is 17.2. The Bertz CT molecular complexity index is 1110. The monoisotopic (exact) mass is 436 g/mol. The molecule has 0 spiro atoms. The molecule has 9 heteroatoms. The molecule has 0 saturated carbocycles. The number of hydrazine groups is 1. The van der Waals surface area contributed by atoms with Gasteiger partial charge in [-0.25, -0.2) is 0 Å². The van der Waals surface area contributed by atoms with E-state index in [2.05, 4.69) is 16.2 Å². The third-order valence-corrected chi connectivity index (χ3v) is 5.74. The average molecular weight is 437 g/mol. The van der Waals surface area contributed by atoms with Crippen LogP contribution >= 0.6 is 23.1 Å². The van der Waals surface area contributed by atoms with Gasteiger partial charge in [0, 0.05) is 10.6 Å². The molecule has 0 aliphatic rings. The summed E-state index contributed by atoms with van der Waals surface area (Å²) >= 11 is 2.46. The quantitative estimate of drug-likeness (QED) is 0.405. The lowest BCUT2D eigenvalue weighted by Gasteiger charge is -2.11. The van der Waals surface area contributed by atoms with E-state index < -0.39 is 11.8 Å². The smallest absolute Gasteiger partial charge is 0.279 e. The second-order valence-corrected chi connectivity index (χ2v) is 7.88. The van der Waals surface area contributed by atoms with Crippen LogP contribution in [0.15, 0.2) is 70.9 Å². The highest BCUT2D eigenvalue weighted by Crippen LogP contribution is 2.23. The number of hydrogen-bond acceptors (Lipinski definition) is 6. The van der Waals surface area contributed by atoms with Crippen molar-refractivity contribution in [1.82, 2.24) is 10.9 Å². The van der Waals surface area contributed by atoms with Crippen LogP contribution in [-0.4, -0.2) is 23.5 Å². The molecular weight excluding hydrogens is 420 g/mol. The molecule has 3 N–H and O–H groups in total. The Labute approximate surface area is 181 Å². The molecule has 1 aromatic heterocycles. The summed E-state index contributed by atoms with van der Waals surface area (Å²) < 4.78 is 0. The molecule has 0 aliphatic heterocycles. The number of rotatable bonds is 6. The Kier molecular flexibility index (Phi) is 7.21. The maximum Gasteiger partial charge on any atom is 0.279 e. The number of thiophene rings is 1. The van der Waals surface area contributed by atoms with Gasteiger partial charge in [0.15, 0.2) is 0 Å². The summed E-state index contributed by atoms with van der Waals surface area (Å²) in [6.07, 6.45) is 0. The van der Waals surface area contributed by atoms with Gasteiger partial charge >= 0.3 is 0 Å². The van der Waals surface area contributed by atoms with Crippen LogP contribution < -0.4 is 16.2 Å². The van der Waals surface area contributed by atoms with Crippen molar-refractivity contribution >= 4 is 46.5 Å². The van der Waals surface area contributed by atoms with Crippen LogP contribution in [0.25, 0.3) is 0 Å². The van der Waals surface area contributed by atoms with E-state index in [1.54, 1.807) is 66.0 Å². The topological polar surface area (TPSA) is 111 Å². The molecule has 0 bridgehead atoms. The van der Waals surface area contributed by atoms with Crippen LogP contribution in [0.3, 0.4) is 0 Å². The number of thioether (sulfide) groups is 1. The molecule has 0 radical (unpaired) electrons. The van der Waals surface area contributed by atoms with Crippen molar-refractivity contribution in [3.8, 4) is 6.07 Å². The molecule has 7 nitrogen and oxygen atoms in total. The first-order valence-corrected chi connectivity index (χ1v) is 10.6. The Hall–Kier alpha value is -3.61. The van der Waals surface area contributed by atoms with Gasteiger partial charge in [0.2, 0.25) is 5.91 Å². The lowest BCUT2D eigenvalue weighted by atomic mass is 10.2. The maximum absolute atomic E-state index is 12.5. The molecule has 3 amide bonds. The first kappa shape index (κ1) is 21.1. The van der Waals surface area contributed by atoms with Gasteiger partial charge in [-0.3, -0.25) is 25.2 Å². The van der Waals surface area contributed by atoms with Gasteiger partial charge in [0.05, 0.1) is 27.8 Å². The summed E-state index contributed by atoms with van der Waals surface area (Å²) in [6, 6.07) is 18.8. The van der Waals surface area contributed by atoms with Gasteiger partial charge in [0.25, 0.3) is 11.8 Å². The molecule has 0 aliphatic carbocycles. The number of carbonyl (C=O) groups is 3. The largest absolute Gasteiger partial charge is 0.325 e. The van der Waals surface area contributed by atoms with Crippen molar-refractivity contribution in [3.63, 3.8) is 0 Å². The van der Waals surface area contributed by atoms with Gasteiger partial charge in [0.1, 0.15) is 0 Å². The van der Waals surface area contributed by atoms with E-state index in [0.29, 0.717) is 26.6 Å². The molecular formula is C21H16N4O3S2. The molecule has 0 fully saturated rings. The van der Waals surface area contributed by atoms with Crippen LogP contribution in [-0.2, 0) is 4.79 Å². The Morgan fingerprint density at radius 2 is 1.77 bits per heavy atom. The Morgan fingerprint density at radius 3 is 2.53 bits per heavy atom. The molecule has 0 atom stereocenters. The fourth-order valence-corrected chi connectivity index (χ4v) is 3.91. The molecule has 2 aromatic carbocycles. The summed E-state index contributed by atoms with van der Waals surface area (Å²) in [5.41, 5.74) is 6.09. The van der Waals surface area contributed by atoms with Crippen LogP contribution in [0.4, 0.5) is 5.69 Å². The van der Waals surface area contributed by atoms with Crippen molar-refractivity contribution in [2.24, 2.45) is 0 Å². The van der Waals surface area contributed by atoms with Crippen LogP contribution in [0.1, 0.15) is 25.6 Å². The lowest BCUT2D eigenvalue weighted by Crippen LogP contribution is -2.41. The molecule has 150 valence electrons. The Morgan fingerprint density at radius 1 is 0.967 bits per heavy atom. The van der Waals surface area contributed by atoms with Gasteiger partial charge in [-0.1, -0.05) is 24.3 Å². The predicted molar refractivity (Wildman–Crippen MR) is 116 cm³/mol. The van der Waals surface area contributed by atoms with Crippen LogP contribution in [0.5, 0.6) is 0 Å². The van der Waals surface area contributed by atoms with E-state index in [1.165, 1.54) is 23.1 Å². The van der Waals surface area contributed by atoms with Gasteiger partial charge in [-0.05, 0) is 41.8 Å². The number of hydrogen-bond donors (Lipinski definition) is 3. The minimum absolute atomic E-state index is 0.0721. The lowest BCUT2D eigenvalue weighted by molar-refractivity contribution is -0.113. The fourth-order valence-electron chi connectivity index (χ4n) is 2.44. The summed E-state index contributed by atoms with van der Waals surface area (Å²) in [7, 11) is 0. The highest BCUT2D eigenvalue weighted by Gasteiger charge is 2.14. The molecule has 3 aromatic rings. The second-order valence-electron chi connectivity index (χ2n) is 5.91. The molecule has 30 heavy (non-hydrogen) atoms. The number of nitrogens with zero attached hydrogens (tertiary/aromatic N) is 1. The number of nitrogens with one attached hydrogen (secondary N) is 3. The zero-order chi connectivity index (χ0) is 21.3. The summed E-state index contributed by atoms with van der Waals surface area (Å²) in [6.45, 7) is 0. The van der Waals surface area contributed by atoms with Crippen LogP contribution in [0.2, 0.25) is 0 Å². The SMILES string of the molecule is N#Cc1cccc(NC(=O)CSc2ccccc2C(=O)NNC(=O)c2cccs2)c1. The van der Waals surface area contributed by atoms with E-state index in [9.17, 15) is 14.4 Å². The number of anilines is 1. The first-order valence-electron chi connectivity index (χ1n) is 8.73. The van der Waals surface area contributed by atoms with E-state index in [1.807, 2.05) is 6.07 Å². The third kappa shape index (κ3) is 5.70. The average Bonchev–Trinajstić information content (AvgIpc) is 3.31. The van der Waals surface area contributed by atoms with E-state index >= 15 is 0 Å². The van der Waals surface area contributed by atoms with Crippen LogP contribution in [0, 0.1) is 11.3 Å². The van der Waals surface area contributed by atoms with Gasteiger partial charge in [-0.15, -0.1) is 23.1 Å². The number of nitriles is 1. The molecule has 1 heterocycles. The van der Waals surface area contributed by atoms with Crippen molar-refractivity contribution in [2.45, 2.75) is 4.90 Å². The number of benzene rings is 2. The van der Waals surface area contributed by atoms with Gasteiger partial charge in [-0.2, -0.15) is 5.26 Å². The summed E-state index contributed by atoms with van der Waals surface area (Å²) in [5.74, 6) is -1.08. The van der Waals surface area contributed by atoms with E-state index in [0.717, 1.165) is 0 Å². The maximum atomic E-state index is 12.5. The highest BCUT2D eigenvalue weighted by molar-refractivity contribution is 8.00. The summed E-state index contributed by atoms with van der Waals surface area (Å²) in [4.78, 5) is 37.8. The van der Waals surface area contributed by atoms with Crippen molar-refractivity contribution in [2.75, 3.05) is 11.1 Å². The highest BCUT2D eigenvalue weighted by atomic mass is 32.2. The standard InChI is InChI=1S/C21H16N4O3S2/c22-12-14-5-3-6-15(11-14)23-19(26)13-30-17-8-2-1-7-16(17)20(27)24-25-21(28)18-9-4-10-29-18/h1-11H,13H2,(H,23,26)(H,24,27)(H,25,28). The van der Waals surface area contributed by atoms with E-state index in [-0.39, 0.29) is 11.7 Å². The Balaban J connectivity index is 1.57. The fraction of sp³-hybridized carbons (Fsp3) is 0.0476. The van der Waals surface area contributed by atoms with Crippen molar-refractivity contribution in [3.05, 3.63) is 82.0 Å². The van der Waals surface area contributed by atoms with Crippen molar-refractivity contribution < 1.29 is 14.4 Å². The van der Waals surface area contributed by atoms with E-state index in [4.69, 9.17) is 5.26 Å². The minimum atomic E-state index is -0.481. The molecule has 3 rings (SSSR count). The number of amides is 3. The predicted octanol–water partition coefficient (Wildman–Crippen LogP) is 3.43. The van der Waals surface area contributed by atoms with Crippen molar-refractivity contribution in [1.29, 1.82) is 5.26 Å². The second kappa shape index (κ2) is 10.2. The molecule has 0 unspecified atom stereocenters. The first-order chi connectivity index (χ1) is 14.6. The number of carbonyl (C=O) groups excluding carboxylic acids is 3. The molecule has 0 saturated heterocycles. The normalized spacial score (nSPS) is 9.97. The summed E-state index contributed by atoms with van der Waals surface area (Å²) in [5, 5.41) is 13.4. The minimum Gasteiger partial charge on any atom is -0.325 e. The van der Waals surface area contributed by atoms with Gasteiger partial charge < -0.3 is 5.32 Å². The third-order valence-electron chi connectivity index (χ3n) is 3.80. The zero-order valence-electron chi connectivity index (χ0n) is 15.5.